The number of nitrogens with one attached hydrogen (secondary N) is 1. The average molecular weight is 790 g/mol. The van der Waals surface area contributed by atoms with Gasteiger partial charge >= 0.3 is 5.97 Å². The standard InChI is InChI=1S/C50H95NO5/c1-4-7-10-13-16-19-21-22-23-24-25-26-28-31-34-37-40-43-50(55)56-46(41-38-35-32-30-27-20-17-14-11-8-5-2)44-49(54)51-47(45-52)48(53)42-39-36-33-29-18-15-12-9-6-3/h16,19,22-23,46-48,52-53H,4-15,17-18,20-21,24-45H2,1-3H3,(H,51,54)/b19-16-,23-22-. The number of rotatable bonds is 44. The zero-order valence-corrected chi connectivity index (χ0v) is 37.5. The second-order valence-corrected chi connectivity index (χ2v) is 16.9. The number of aliphatic hydroxyl groups is 2. The second-order valence-electron chi connectivity index (χ2n) is 16.9. The Labute approximate surface area is 348 Å². The Hall–Kier alpha value is -1.66. The Bertz CT molecular complexity index is 889. The van der Waals surface area contributed by atoms with E-state index in [0.717, 1.165) is 64.2 Å². The summed E-state index contributed by atoms with van der Waals surface area (Å²) in [5.41, 5.74) is 0. The third-order valence-corrected chi connectivity index (χ3v) is 11.3. The van der Waals surface area contributed by atoms with Crippen LogP contribution in [0.15, 0.2) is 24.3 Å². The van der Waals surface area contributed by atoms with Gasteiger partial charge in [0.15, 0.2) is 0 Å². The van der Waals surface area contributed by atoms with E-state index in [2.05, 4.69) is 50.4 Å². The topological polar surface area (TPSA) is 95.9 Å². The first-order chi connectivity index (χ1) is 27.5. The molecule has 6 nitrogen and oxygen atoms in total. The van der Waals surface area contributed by atoms with Crippen molar-refractivity contribution < 1.29 is 24.5 Å². The molecule has 1 amide bonds. The minimum absolute atomic E-state index is 0.0791. The lowest BCUT2D eigenvalue weighted by Crippen LogP contribution is -2.46. The second kappa shape index (κ2) is 44.4. The van der Waals surface area contributed by atoms with Gasteiger partial charge in [0.2, 0.25) is 5.91 Å². The highest BCUT2D eigenvalue weighted by molar-refractivity contribution is 5.77. The molecule has 0 rings (SSSR count). The number of carbonyl (C=O) groups excluding carboxylic acids is 2. The molecule has 0 aliphatic carbocycles. The summed E-state index contributed by atoms with van der Waals surface area (Å²) in [7, 11) is 0. The molecule has 3 N–H and O–H groups in total. The molecule has 0 spiro atoms. The van der Waals surface area contributed by atoms with Crippen molar-refractivity contribution in [2.75, 3.05) is 6.61 Å². The number of carbonyl (C=O) groups is 2. The summed E-state index contributed by atoms with van der Waals surface area (Å²) in [6.45, 7) is 6.44. The summed E-state index contributed by atoms with van der Waals surface area (Å²) < 4.78 is 5.92. The van der Waals surface area contributed by atoms with E-state index < -0.39 is 18.2 Å². The Morgan fingerprint density at radius 3 is 1.39 bits per heavy atom. The zero-order valence-electron chi connectivity index (χ0n) is 37.5. The first-order valence-corrected chi connectivity index (χ1v) is 24.6. The van der Waals surface area contributed by atoms with Gasteiger partial charge in [-0.05, 0) is 57.8 Å². The van der Waals surface area contributed by atoms with Crippen molar-refractivity contribution in [3.63, 3.8) is 0 Å². The molecule has 3 unspecified atom stereocenters. The van der Waals surface area contributed by atoms with E-state index in [4.69, 9.17) is 4.74 Å². The molecular formula is C50H95NO5. The fourth-order valence-corrected chi connectivity index (χ4v) is 7.52. The van der Waals surface area contributed by atoms with Crippen LogP contribution in [0.3, 0.4) is 0 Å². The highest BCUT2D eigenvalue weighted by Crippen LogP contribution is 2.18. The number of hydrogen-bond acceptors (Lipinski definition) is 5. The maximum atomic E-state index is 13.1. The SMILES string of the molecule is CCCCC/C=C\C/C=C\CCCCCCCCCC(=O)OC(CCCCCCCCCCCCC)CC(=O)NC(CO)C(O)CCCCCCCCCCC. The first kappa shape index (κ1) is 54.3. The van der Waals surface area contributed by atoms with E-state index in [-0.39, 0.29) is 24.9 Å². The van der Waals surface area contributed by atoms with Crippen molar-refractivity contribution in [1.29, 1.82) is 0 Å². The van der Waals surface area contributed by atoms with Crippen molar-refractivity contribution in [3.8, 4) is 0 Å². The molecule has 0 saturated heterocycles. The van der Waals surface area contributed by atoms with Crippen LogP contribution in [-0.4, -0.2) is 46.9 Å². The minimum atomic E-state index is -0.782. The van der Waals surface area contributed by atoms with Gasteiger partial charge in [0.1, 0.15) is 6.10 Å². The van der Waals surface area contributed by atoms with Gasteiger partial charge in [0, 0.05) is 6.42 Å². The molecule has 0 heterocycles. The summed E-state index contributed by atoms with van der Waals surface area (Å²) in [5.74, 6) is -0.473. The van der Waals surface area contributed by atoms with E-state index in [1.807, 2.05) is 0 Å². The number of ether oxygens (including phenoxy) is 1. The summed E-state index contributed by atoms with van der Waals surface area (Å²) in [6, 6.07) is -0.696. The van der Waals surface area contributed by atoms with Gasteiger partial charge < -0.3 is 20.3 Å². The van der Waals surface area contributed by atoms with Gasteiger partial charge in [-0.25, -0.2) is 0 Å². The van der Waals surface area contributed by atoms with Crippen LogP contribution in [0.4, 0.5) is 0 Å². The average Bonchev–Trinajstić information content (AvgIpc) is 3.19. The summed E-state index contributed by atoms with van der Waals surface area (Å²) >= 11 is 0. The fraction of sp³-hybridized carbons (Fsp3) is 0.880. The monoisotopic (exact) mass is 790 g/mol. The van der Waals surface area contributed by atoms with Gasteiger partial charge in [0.05, 0.1) is 25.2 Å². The largest absolute Gasteiger partial charge is 0.462 e. The lowest BCUT2D eigenvalue weighted by molar-refractivity contribution is -0.151. The summed E-state index contributed by atoms with van der Waals surface area (Å²) in [6.07, 6.45) is 49.5. The molecule has 0 aliphatic rings. The van der Waals surface area contributed by atoms with Crippen LogP contribution in [0.25, 0.3) is 0 Å². The zero-order chi connectivity index (χ0) is 41.0. The number of unbranched alkanes of at least 4 members (excludes halogenated alkanes) is 28. The number of aliphatic hydroxyl groups excluding tert-OH is 2. The molecule has 0 aliphatic heterocycles. The molecule has 0 saturated carbocycles. The fourth-order valence-electron chi connectivity index (χ4n) is 7.52. The van der Waals surface area contributed by atoms with E-state index >= 15 is 0 Å². The van der Waals surface area contributed by atoms with E-state index in [9.17, 15) is 19.8 Å². The van der Waals surface area contributed by atoms with Crippen LogP contribution in [0.5, 0.6) is 0 Å². The molecule has 56 heavy (non-hydrogen) atoms. The van der Waals surface area contributed by atoms with Crippen molar-refractivity contribution in [1.82, 2.24) is 5.32 Å². The van der Waals surface area contributed by atoms with Crippen LogP contribution in [0.2, 0.25) is 0 Å². The highest BCUT2D eigenvalue weighted by atomic mass is 16.5. The van der Waals surface area contributed by atoms with Crippen LogP contribution in [0.1, 0.15) is 258 Å². The lowest BCUT2D eigenvalue weighted by Gasteiger charge is -2.24. The maximum Gasteiger partial charge on any atom is 0.306 e. The van der Waals surface area contributed by atoms with Gasteiger partial charge in [-0.1, -0.05) is 212 Å². The molecule has 0 aromatic carbocycles. The van der Waals surface area contributed by atoms with Gasteiger partial charge in [-0.15, -0.1) is 0 Å². The third-order valence-electron chi connectivity index (χ3n) is 11.3. The predicted octanol–water partition coefficient (Wildman–Crippen LogP) is 14.3. The summed E-state index contributed by atoms with van der Waals surface area (Å²) in [4.78, 5) is 26.0. The number of hydrogen-bond donors (Lipinski definition) is 3. The maximum absolute atomic E-state index is 13.1. The normalized spacial score (nSPS) is 13.4. The van der Waals surface area contributed by atoms with Crippen LogP contribution >= 0.6 is 0 Å². The van der Waals surface area contributed by atoms with Crippen molar-refractivity contribution in [2.24, 2.45) is 0 Å². The van der Waals surface area contributed by atoms with Crippen molar-refractivity contribution in [3.05, 3.63) is 24.3 Å². The smallest absolute Gasteiger partial charge is 0.306 e. The molecule has 0 aromatic heterocycles. The van der Waals surface area contributed by atoms with E-state index in [0.29, 0.717) is 19.3 Å². The first-order valence-electron chi connectivity index (χ1n) is 24.6. The molecule has 6 heteroatoms. The minimum Gasteiger partial charge on any atom is -0.462 e. The molecule has 0 bridgehead atoms. The van der Waals surface area contributed by atoms with Crippen LogP contribution < -0.4 is 5.32 Å². The van der Waals surface area contributed by atoms with Crippen LogP contribution in [0, 0.1) is 0 Å². The number of esters is 1. The van der Waals surface area contributed by atoms with Gasteiger partial charge in [-0.2, -0.15) is 0 Å². The Kier molecular flexibility index (Phi) is 43.1. The van der Waals surface area contributed by atoms with Gasteiger partial charge in [-0.3, -0.25) is 9.59 Å². The lowest BCUT2D eigenvalue weighted by atomic mass is 10.0. The molecule has 0 radical (unpaired) electrons. The van der Waals surface area contributed by atoms with Crippen LogP contribution in [-0.2, 0) is 14.3 Å². The third kappa shape index (κ3) is 39.2. The molecule has 0 aromatic rings. The van der Waals surface area contributed by atoms with Crippen molar-refractivity contribution in [2.45, 2.75) is 277 Å². The molecular weight excluding hydrogens is 695 g/mol. The van der Waals surface area contributed by atoms with E-state index in [1.165, 1.54) is 148 Å². The Morgan fingerprint density at radius 1 is 0.518 bits per heavy atom. The molecule has 330 valence electrons. The van der Waals surface area contributed by atoms with Crippen molar-refractivity contribution >= 4 is 11.9 Å². The Morgan fingerprint density at radius 2 is 0.911 bits per heavy atom. The summed E-state index contributed by atoms with van der Waals surface area (Å²) in [5, 5.41) is 23.6. The number of amides is 1. The highest BCUT2D eigenvalue weighted by Gasteiger charge is 2.24. The van der Waals surface area contributed by atoms with E-state index in [1.54, 1.807) is 0 Å². The quantitative estimate of drug-likeness (QED) is 0.0324. The Balaban J connectivity index is 4.51. The number of allylic oxidation sites excluding steroid dienone is 4. The molecule has 3 atom stereocenters. The predicted molar refractivity (Wildman–Crippen MR) is 241 cm³/mol. The molecule has 0 fully saturated rings. The van der Waals surface area contributed by atoms with Gasteiger partial charge in [0.25, 0.3) is 0 Å².